The molecule has 26 heavy (non-hydrogen) atoms. The summed E-state index contributed by atoms with van der Waals surface area (Å²) in [6, 6.07) is 10.3. The summed E-state index contributed by atoms with van der Waals surface area (Å²) in [5.74, 6) is -0.0865. The Morgan fingerprint density at radius 2 is 1.92 bits per heavy atom. The molecule has 0 atom stereocenters. The lowest BCUT2D eigenvalue weighted by Gasteiger charge is -2.04. The highest BCUT2D eigenvalue weighted by molar-refractivity contribution is 7.14. The van der Waals surface area contributed by atoms with E-state index < -0.39 is 11.0 Å². The van der Waals surface area contributed by atoms with Crippen LogP contribution in [0, 0.1) is 5.13 Å². The van der Waals surface area contributed by atoms with E-state index in [-0.39, 0.29) is 16.5 Å². The van der Waals surface area contributed by atoms with E-state index in [1.165, 1.54) is 10.9 Å². The average molecular weight is 367 g/mol. The number of amides is 1. The highest BCUT2D eigenvalue weighted by atomic mass is 32.1. The predicted molar refractivity (Wildman–Crippen MR) is 92.4 cm³/mol. The van der Waals surface area contributed by atoms with E-state index in [1.807, 2.05) is 0 Å². The van der Waals surface area contributed by atoms with E-state index in [4.69, 9.17) is 0 Å². The Kier molecular flexibility index (Phi) is 4.15. The number of nitrogens with zero attached hydrogens (tertiary/aromatic N) is 6. The molecular formula is C16H10FN7OS. The lowest BCUT2D eigenvalue weighted by molar-refractivity contribution is 0.101. The lowest BCUT2D eigenvalue weighted by atomic mass is 10.3. The first-order valence-electron chi connectivity index (χ1n) is 7.43. The van der Waals surface area contributed by atoms with Crippen molar-refractivity contribution in [1.82, 2.24) is 29.9 Å². The molecular weight excluding hydrogens is 357 g/mol. The highest BCUT2D eigenvalue weighted by Crippen LogP contribution is 2.28. The molecule has 4 aromatic heterocycles. The zero-order valence-corrected chi connectivity index (χ0v) is 13.9. The van der Waals surface area contributed by atoms with Crippen molar-refractivity contribution in [3.8, 4) is 17.2 Å². The van der Waals surface area contributed by atoms with Crippen LogP contribution in [-0.2, 0) is 0 Å². The van der Waals surface area contributed by atoms with E-state index in [0.717, 1.165) is 11.3 Å². The number of hydrogen-bond donors (Lipinski definition) is 1. The summed E-state index contributed by atoms with van der Waals surface area (Å²) in [5.41, 5.74) is 0.628. The average Bonchev–Trinajstić information content (AvgIpc) is 3.30. The Morgan fingerprint density at radius 3 is 2.65 bits per heavy atom. The summed E-state index contributed by atoms with van der Waals surface area (Å²) in [7, 11) is 0. The molecule has 4 heterocycles. The Labute approximate surface area is 150 Å². The molecule has 0 fully saturated rings. The monoisotopic (exact) mass is 367 g/mol. The van der Waals surface area contributed by atoms with Crippen LogP contribution in [0.15, 0.2) is 55.0 Å². The number of rotatable bonds is 4. The molecule has 0 saturated heterocycles. The van der Waals surface area contributed by atoms with Crippen LogP contribution in [0.4, 0.5) is 9.52 Å². The largest absolute Gasteiger partial charge is 0.296 e. The van der Waals surface area contributed by atoms with E-state index in [9.17, 15) is 9.18 Å². The van der Waals surface area contributed by atoms with Gasteiger partial charge in [0.1, 0.15) is 5.69 Å². The number of hydrogen-bond acceptors (Lipinski definition) is 7. The van der Waals surface area contributed by atoms with Gasteiger partial charge in [-0.15, -0.1) is 5.10 Å². The van der Waals surface area contributed by atoms with Gasteiger partial charge in [-0.25, -0.2) is 9.97 Å². The van der Waals surface area contributed by atoms with Crippen LogP contribution in [-0.4, -0.2) is 35.9 Å². The van der Waals surface area contributed by atoms with Gasteiger partial charge in [-0.3, -0.25) is 15.1 Å². The normalized spacial score (nSPS) is 10.7. The van der Waals surface area contributed by atoms with E-state index >= 15 is 0 Å². The van der Waals surface area contributed by atoms with Crippen molar-refractivity contribution in [3.05, 3.63) is 65.8 Å². The molecule has 10 heteroatoms. The topological polar surface area (TPSA) is 98.5 Å². The maximum Gasteiger partial charge on any atom is 0.277 e. The molecule has 0 aliphatic carbocycles. The molecule has 128 valence electrons. The summed E-state index contributed by atoms with van der Waals surface area (Å²) in [5, 5.41) is 9.74. The van der Waals surface area contributed by atoms with Crippen LogP contribution in [0.1, 0.15) is 10.5 Å². The zero-order valence-electron chi connectivity index (χ0n) is 13.1. The molecule has 0 spiro atoms. The summed E-state index contributed by atoms with van der Waals surface area (Å²) in [6.07, 6.45) is 4.42. The predicted octanol–water partition coefficient (Wildman–Crippen LogP) is 2.57. The van der Waals surface area contributed by atoms with Crippen molar-refractivity contribution in [2.45, 2.75) is 0 Å². The third-order valence-electron chi connectivity index (χ3n) is 3.36. The molecule has 0 bridgehead atoms. The second kappa shape index (κ2) is 6.76. The Hall–Kier alpha value is -3.53. The maximum absolute atomic E-state index is 14.2. The van der Waals surface area contributed by atoms with Crippen molar-refractivity contribution in [2.75, 3.05) is 5.32 Å². The van der Waals surface area contributed by atoms with Gasteiger partial charge < -0.3 is 0 Å². The van der Waals surface area contributed by atoms with Gasteiger partial charge >= 0.3 is 0 Å². The number of anilines is 1. The van der Waals surface area contributed by atoms with Gasteiger partial charge in [0.2, 0.25) is 5.13 Å². The molecule has 0 radical (unpaired) electrons. The van der Waals surface area contributed by atoms with E-state index in [0.29, 0.717) is 11.5 Å². The van der Waals surface area contributed by atoms with E-state index in [1.54, 1.807) is 48.8 Å². The first kappa shape index (κ1) is 16.0. The minimum Gasteiger partial charge on any atom is -0.296 e. The summed E-state index contributed by atoms with van der Waals surface area (Å²) >= 11 is 0.721. The molecule has 0 aliphatic heterocycles. The van der Waals surface area contributed by atoms with Crippen molar-refractivity contribution in [1.29, 1.82) is 0 Å². The summed E-state index contributed by atoms with van der Waals surface area (Å²) < 4.78 is 15.4. The Morgan fingerprint density at radius 1 is 1.12 bits per heavy atom. The summed E-state index contributed by atoms with van der Waals surface area (Å²) in [4.78, 5) is 24.8. The fourth-order valence-electron chi connectivity index (χ4n) is 2.22. The van der Waals surface area contributed by atoms with Gasteiger partial charge in [-0.1, -0.05) is 28.7 Å². The standard InChI is InChI=1S/C16H10FN7OS/c17-14-13(10-5-1-3-7-18-10)21-16(26-14)22-15(25)11-9-20-23-24(11)12-6-2-4-8-19-12/h1-9H,(H,21,22,25). The lowest BCUT2D eigenvalue weighted by Crippen LogP contribution is -2.17. The van der Waals surface area contributed by atoms with Crippen LogP contribution in [0.25, 0.3) is 17.2 Å². The molecule has 4 aromatic rings. The first-order chi connectivity index (χ1) is 12.7. The second-order valence-corrected chi connectivity index (χ2v) is 5.98. The molecule has 0 unspecified atom stereocenters. The molecule has 0 aromatic carbocycles. The SMILES string of the molecule is O=C(Nc1nc(-c2ccccn2)c(F)s1)c1cnnn1-c1ccccn1. The van der Waals surface area contributed by atoms with Crippen molar-refractivity contribution < 1.29 is 9.18 Å². The molecule has 1 amide bonds. The second-order valence-electron chi connectivity index (χ2n) is 5.03. The smallest absolute Gasteiger partial charge is 0.277 e. The number of halogens is 1. The molecule has 4 rings (SSSR count). The minimum absolute atomic E-state index is 0.0854. The van der Waals surface area contributed by atoms with Crippen LogP contribution < -0.4 is 5.32 Å². The molecule has 0 aliphatic rings. The zero-order chi connectivity index (χ0) is 17.9. The van der Waals surface area contributed by atoms with Crippen LogP contribution in [0.5, 0.6) is 0 Å². The van der Waals surface area contributed by atoms with Crippen LogP contribution >= 0.6 is 11.3 Å². The summed E-state index contributed by atoms with van der Waals surface area (Å²) in [6.45, 7) is 0. The molecule has 8 nitrogen and oxygen atoms in total. The Balaban J connectivity index is 1.60. The first-order valence-corrected chi connectivity index (χ1v) is 8.25. The van der Waals surface area contributed by atoms with Gasteiger partial charge in [0.25, 0.3) is 5.91 Å². The Bertz CT molecular complexity index is 1050. The third kappa shape index (κ3) is 3.05. The maximum atomic E-state index is 14.2. The number of carbonyl (C=O) groups is 1. The van der Waals surface area contributed by atoms with Gasteiger partial charge in [-0.05, 0) is 24.3 Å². The van der Waals surface area contributed by atoms with E-state index in [2.05, 4.69) is 30.6 Å². The van der Waals surface area contributed by atoms with Gasteiger partial charge in [0.15, 0.2) is 16.6 Å². The van der Waals surface area contributed by atoms with Crippen LogP contribution in [0.2, 0.25) is 0 Å². The van der Waals surface area contributed by atoms with Gasteiger partial charge in [0.05, 0.1) is 11.9 Å². The fourth-order valence-corrected chi connectivity index (χ4v) is 2.91. The minimum atomic E-state index is -0.532. The molecule has 1 N–H and O–H groups in total. The quantitative estimate of drug-likeness (QED) is 0.595. The van der Waals surface area contributed by atoms with Gasteiger partial charge in [0, 0.05) is 12.4 Å². The van der Waals surface area contributed by atoms with Gasteiger partial charge in [-0.2, -0.15) is 9.07 Å². The fraction of sp³-hybridized carbons (Fsp3) is 0. The number of nitrogens with one attached hydrogen (secondary N) is 1. The number of pyridine rings is 2. The van der Waals surface area contributed by atoms with Crippen molar-refractivity contribution in [2.24, 2.45) is 0 Å². The number of thiazole rings is 1. The highest BCUT2D eigenvalue weighted by Gasteiger charge is 2.19. The molecule has 0 saturated carbocycles. The van der Waals surface area contributed by atoms with Crippen LogP contribution in [0.3, 0.4) is 0 Å². The van der Waals surface area contributed by atoms with Crippen molar-refractivity contribution >= 4 is 22.4 Å². The van der Waals surface area contributed by atoms with Crippen molar-refractivity contribution in [3.63, 3.8) is 0 Å². The number of carbonyl (C=O) groups excluding carboxylic acids is 1. The number of aromatic nitrogens is 6. The third-order valence-corrected chi connectivity index (χ3v) is 4.12.